The number of aliphatic imine (C=N–C) groups is 1. The minimum absolute atomic E-state index is 0. The predicted octanol–water partition coefficient (Wildman–Crippen LogP) is 2.33. The second kappa shape index (κ2) is 10.6. The van der Waals surface area contributed by atoms with Crippen molar-refractivity contribution >= 4 is 45.7 Å². The number of hydrogen-bond donors (Lipinski definition) is 2. The van der Waals surface area contributed by atoms with Crippen molar-refractivity contribution in [3.8, 4) is 0 Å². The summed E-state index contributed by atoms with van der Waals surface area (Å²) in [5.74, 6) is 0.794. The van der Waals surface area contributed by atoms with E-state index in [-0.39, 0.29) is 35.3 Å². The van der Waals surface area contributed by atoms with E-state index >= 15 is 0 Å². The number of carbonyl (C=O) groups is 1. The Balaban J connectivity index is 0.00000420. The summed E-state index contributed by atoms with van der Waals surface area (Å²) in [7, 11) is 2.09. The van der Waals surface area contributed by atoms with Crippen molar-refractivity contribution in [2.75, 3.05) is 33.9 Å². The van der Waals surface area contributed by atoms with E-state index in [0.717, 1.165) is 36.8 Å². The molecule has 0 bridgehead atoms. The summed E-state index contributed by atoms with van der Waals surface area (Å²) in [4.78, 5) is 19.0. The van der Waals surface area contributed by atoms with Crippen LogP contribution in [0.1, 0.15) is 36.8 Å². The molecule has 1 fully saturated rings. The Bertz CT molecular complexity index is 847. The molecule has 0 unspecified atom stereocenters. The summed E-state index contributed by atoms with van der Waals surface area (Å²) in [5.41, 5.74) is 1.33. The predicted molar refractivity (Wildman–Crippen MR) is 128 cm³/mol. The molecule has 1 aromatic rings. The lowest BCUT2D eigenvalue weighted by molar-refractivity contribution is -0.138. The fourth-order valence-electron chi connectivity index (χ4n) is 3.89. The summed E-state index contributed by atoms with van der Waals surface area (Å²) in [6.07, 6.45) is 5.13. The summed E-state index contributed by atoms with van der Waals surface area (Å²) < 4.78 is 23.5. The van der Waals surface area contributed by atoms with E-state index < -0.39 is 9.84 Å². The lowest BCUT2D eigenvalue weighted by atomic mass is 9.84. The van der Waals surface area contributed by atoms with Crippen LogP contribution >= 0.6 is 24.0 Å². The Morgan fingerprint density at radius 1 is 1.21 bits per heavy atom. The highest BCUT2D eigenvalue weighted by Gasteiger charge is 2.42. The Labute approximate surface area is 191 Å². The molecule has 1 amide bonds. The zero-order valence-corrected chi connectivity index (χ0v) is 21.1. The maximum atomic E-state index is 12.7. The van der Waals surface area contributed by atoms with E-state index in [1.165, 1.54) is 6.26 Å². The molecule has 1 aliphatic rings. The van der Waals surface area contributed by atoms with Gasteiger partial charge in [0.15, 0.2) is 15.8 Å². The van der Waals surface area contributed by atoms with E-state index in [2.05, 4.69) is 15.6 Å². The average Bonchev–Trinajstić information content (AvgIpc) is 3.10. The SMILES string of the molecule is CN=C(NCc1ccc(S(C)(=O)=O)c(C)c1)NCC1(C(=O)N(C)C)CCCC1.I. The van der Waals surface area contributed by atoms with E-state index in [9.17, 15) is 13.2 Å². The number of amides is 1. The van der Waals surface area contributed by atoms with Crippen molar-refractivity contribution in [1.29, 1.82) is 0 Å². The van der Waals surface area contributed by atoms with Gasteiger partial charge in [-0.15, -0.1) is 24.0 Å². The molecule has 0 radical (unpaired) electrons. The number of aryl methyl sites for hydroxylation is 1. The number of benzene rings is 1. The van der Waals surface area contributed by atoms with Crippen LogP contribution < -0.4 is 10.6 Å². The van der Waals surface area contributed by atoms with Gasteiger partial charge in [-0.3, -0.25) is 9.79 Å². The summed E-state index contributed by atoms with van der Waals surface area (Å²) in [5, 5.41) is 6.55. The highest BCUT2D eigenvalue weighted by atomic mass is 127. The molecule has 0 spiro atoms. The van der Waals surface area contributed by atoms with E-state index in [0.29, 0.717) is 23.9 Å². The fourth-order valence-corrected chi connectivity index (χ4v) is 4.85. The van der Waals surface area contributed by atoms with Crippen molar-refractivity contribution < 1.29 is 13.2 Å². The molecule has 0 atom stereocenters. The van der Waals surface area contributed by atoms with Gasteiger partial charge in [0.25, 0.3) is 0 Å². The lowest BCUT2D eigenvalue weighted by Gasteiger charge is -2.31. The number of hydrogen-bond acceptors (Lipinski definition) is 4. The standard InChI is InChI=1S/C20H32N4O3S.HI/c1-15-12-16(8-9-17(15)28(5,26)27)13-22-19(21-2)23-14-20(10-6-7-11-20)18(25)24(3)4;/h8-9,12H,6-7,10-11,13-14H2,1-5H3,(H2,21,22,23);1H. The number of guanidine groups is 1. The van der Waals surface area contributed by atoms with Gasteiger partial charge in [-0.1, -0.05) is 25.0 Å². The van der Waals surface area contributed by atoms with Gasteiger partial charge in [-0.2, -0.15) is 0 Å². The van der Waals surface area contributed by atoms with Crippen molar-refractivity contribution in [3.63, 3.8) is 0 Å². The minimum atomic E-state index is -3.22. The molecule has 0 saturated heterocycles. The monoisotopic (exact) mass is 536 g/mol. The van der Waals surface area contributed by atoms with Gasteiger partial charge >= 0.3 is 0 Å². The second-order valence-electron chi connectivity index (χ2n) is 7.84. The molecule has 164 valence electrons. The van der Waals surface area contributed by atoms with Crippen LogP contribution in [-0.2, 0) is 21.2 Å². The topological polar surface area (TPSA) is 90.9 Å². The molecular weight excluding hydrogens is 503 g/mol. The smallest absolute Gasteiger partial charge is 0.230 e. The van der Waals surface area contributed by atoms with Gasteiger partial charge in [0, 0.05) is 40.5 Å². The molecule has 0 heterocycles. The third-order valence-electron chi connectivity index (χ3n) is 5.34. The number of nitrogens with one attached hydrogen (secondary N) is 2. The van der Waals surface area contributed by atoms with Crippen LogP contribution in [0.25, 0.3) is 0 Å². The molecule has 2 rings (SSSR count). The van der Waals surface area contributed by atoms with Crippen molar-refractivity contribution in [1.82, 2.24) is 15.5 Å². The molecule has 2 N–H and O–H groups in total. The van der Waals surface area contributed by atoms with Gasteiger partial charge in [0.1, 0.15) is 0 Å². The van der Waals surface area contributed by atoms with Gasteiger partial charge in [-0.05, 0) is 37.0 Å². The maximum absolute atomic E-state index is 12.7. The molecule has 1 aromatic carbocycles. The average molecular weight is 536 g/mol. The van der Waals surface area contributed by atoms with E-state index in [1.54, 1.807) is 45.1 Å². The zero-order chi connectivity index (χ0) is 20.9. The van der Waals surface area contributed by atoms with Crippen LogP contribution in [0, 0.1) is 12.3 Å². The van der Waals surface area contributed by atoms with E-state index in [1.807, 2.05) is 6.07 Å². The largest absolute Gasteiger partial charge is 0.355 e. The first-order valence-electron chi connectivity index (χ1n) is 9.55. The first-order chi connectivity index (χ1) is 13.1. The molecule has 0 aliphatic heterocycles. The summed E-state index contributed by atoms with van der Waals surface area (Å²) in [6, 6.07) is 5.31. The van der Waals surface area contributed by atoms with Crippen LogP contribution in [0.3, 0.4) is 0 Å². The molecule has 1 aliphatic carbocycles. The lowest BCUT2D eigenvalue weighted by Crippen LogP contribution is -2.49. The highest BCUT2D eigenvalue weighted by Crippen LogP contribution is 2.38. The summed E-state index contributed by atoms with van der Waals surface area (Å²) in [6.45, 7) is 2.86. The first-order valence-corrected chi connectivity index (χ1v) is 11.4. The Hall–Kier alpha value is -1.36. The molecule has 0 aromatic heterocycles. The number of rotatable bonds is 6. The Kier molecular flexibility index (Phi) is 9.39. The maximum Gasteiger partial charge on any atom is 0.230 e. The molecule has 1 saturated carbocycles. The van der Waals surface area contributed by atoms with Crippen LogP contribution in [0.2, 0.25) is 0 Å². The third-order valence-corrected chi connectivity index (χ3v) is 6.59. The number of halogens is 1. The minimum Gasteiger partial charge on any atom is -0.355 e. The fraction of sp³-hybridized carbons (Fsp3) is 0.600. The molecule has 29 heavy (non-hydrogen) atoms. The molecule has 7 nitrogen and oxygen atoms in total. The van der Waals surface area contributed by atoms with E-state index in [4.69, 9.17) is 0 Å². The Morgan fingerprint density at radius 3 is 2.31 bits per heavy atom. The zero-order valence-electron chi connectivity index (χ0n) is 17.9. The number of nitrogens with zero attached hydrogens (tertiary/aromatic N) is 2. The molecule has 9 heteroatoms. The quantitative estimate of drug-likeness (QED) is 0.331. The second-order valence-corrected chi connectivity index (χ2v) is 9.82. The number of carbonyl (C=O) groups excluding carboxylic acids is 1. The van der Waals surface area contributed by atoms with Crippen LogP contribution in [0.5, 0.6) is 0 Å². The van der Waals surface area contributed by atoms with Crippen LogP contribution in [0.15, 0.2) is 28.1 Å². The normalized spacial score (nSPS) is 16.1. The van der Waals surface area contributed by atoms with Gasteiger partial charge in [0.05, 0.1) is 10.3 Å². The third kappa shape index (κ3) is 6.56. The first kappa shape index (κ1) is 25.7. The highest BCUT2D eigenvalue weighted by molar-refractivity contribution is 14.0. The van der Waals surface area contributed by atoms with Gasteiger partial charge in [-0.25, -0.2) is 8.42 Å². The van der Waals surface area contributed by atoms with Crippen LogP contribution in [-0.4, -0.2) is 59.1 Å². The summed E-state index contributed by atoms with van der Waals surface area (Å²) >= 11 is 0. The molecular formula is C20H33IN4O3S. The van der Waals surface area contributed by atoms with Crippen molar-refractivity contribution in [2.45, 2.75) is 44.0 Å². The van der Waals surface area contributed by atoms with Gasteiger partial charge in [0.2, 0.25) is 5.91 Å². The number of sulfone groups is 1. The van der Waals surface area contributed by atoms with Crippen molar-refractivity contribution in [3.05, 3.63) is 29.3 Å². The van der Waals surface area contributed by atoms with Crippen LogP contribution in [0.4, 0.5) is 0 Å². The van der Waals surface area contributed by atoms with Gasteiger partial charge < -0.3 is 15.5 Å². The Morgan fingerprint density at radius 2 is 1.83 bits per heavy atom. The van der Waals surface area contributed by atoms with Crippen molar-refractivity contribution in [2.24, 2.45) is 10.4 Å².